The second-order valence-corrected chi connectivity index (χ2v) is 5.94. The summed E-state index contributed by atoms with van der Waals surface area (Å²) in [5.41, 5.74) is 5.00. The molecule has 1 aliphatic carbocycles. The summed E-state index contributed by atoms with van der Waals surface area (Å²) in [6, 6.07) is 0.178. The van der Waals surface area contributed by atoms with E-state index in [2.05, 4.69) is 10.6 Å². The molecule has 0 aromatic carbocycles. The highest BCUT2D eigenvalue weighted by atomic mass is 16.6. The van der Waals surface area contributed by atoms with Crippen LogP contribution in [0.25, 0.3) is 0 Å². The molecule has 5 nitrogen and oxygen atoms in total. The van der Waals surface area contributed by atoms with E-state index in [9.17, 15) is 4.79 Å². The lowest BCUT2D eigenvalue weighted by atomic mass is 10.2. The molecule has 1 atom stereocenters. The van der Waals surface area contributed by atoms with Crippen molar-refractivity contribution in [1.29, 1.82) is 0 Å². The molecule has 0 spiro atoms. The maximum Gasteiger partial charge on any atom is 0.407 e. The number of nitrogens with two attached hydrogens (primary N) is 1. The lowest BCUT2D eigenvalue weighted by Crippen LogP contribution is -2.45. The summed E-state index contributed by atoms with van der Waals surface area (Å²) in [5, 5.41) is 6.28. The van der Waals surface area contributed by atoms with Crippen LogP contribution in [0.2, 0.25) is 0 Å². The van der Waals surface area contributed by atoms with Gasteiger partial charge in [-0.3, -0.25) is 0 Å². The zero-order valence-electron chi connectivity index (χ0n) is 11.8. The number of alkyl carbamates (subject to hydrolysis) is 1. The molecule has 0 heterocycles. The zero-order chi connectivity index (χ0) is 13.6. The van der Waals surface area contributed by atoms with Crippen LogP contribution in [0.1, 0.15) is 40.0 Å². The van der Waals surface area contributed by atoms with Crippen molar-refractivity contribution >= 4 is 6.09 Å². The summed E-state index contributed by atoms with van der Waals surface area (Å²) in [5.74, 6) is 0.600. The van der Waals surface area contributed by atoms with Crippen LogP contribution in [0.15, 0.2) is 0 Å². The summed E-state index contributed by atoms with van der Waals surface area (Å²) in [6.07, 6.45) is 3.03. The molecule has 1 amide bonds. The maximum absolute atomic E-state index is 11.7. The second-order valence-electron chi connectivity index (χ2n) is 5.94. The maximum atomic E-state index is 11.7. The van der Waals surface area contributed by atoms with Gasteiger partial charge in [0.25, 0.3) is 0 Å². The van der Waals surface area contributed by atoms with Gasteiger partial charge >= 0.3 is 6.09 Å². The van der Waals surface area contributed by atoms with E-state index < -0.39 is 5.60 Å². The monoisotopic (exact) mass is 257 g/mol. The van der Waals surface area contributed by atoms with Crippen molar-refractivity contribution in [3.05, 3.63) is 0 Å². The van der Waals surface area contributed by atoms with Gasteiger partial charge in [-0.15, -0.1) is 0 Å². The number of hydrogen-bond donors (Lipinski definition) is 3. The minimum Gasteiger partial charge on any atom is -0.444 e. The van der Waals surface area contributed by atoms with E-state index in [1.807, 2.05) is 20.8 Å². The molecular formula is C13H27N3O2. The Labute approximate surface area is 110 Å². The van der Waals surface area contributed by atoms with Crippen molar-refractivity contribution in [3.8, 4) is 0 Å². The fourth-order valence-corrected chi connectivity index (χ4v) is 1.78. The molecule has 0 radical (unpaired) electrons. The summed E-state index contributed by atoms with van der Waals surface area (Å²) in [4.78, 5) is 11.7. The molecule has 0 aromatic rings. The summed E-state index contributed by atoms with van der Waals surface area (Å²) in [6.45, 7) is 8.01. The number of rotatable bonds is 7. The quantitative estimate of drug-likeness (QED) is 0.600. The van der Waals surface area contributed by atoms with Crippen molar-refractivity contribution in [2.24, 2.45) is 11.7 Å². The van der Waals surface area contributed by atoms with E-state index in [0.717, 1.165) is 19.5 Å². The number of amides is 1. The van der Waals surface area contributed by atoms with E-state index >= 15 is 0 Å². The Kier molecular flexibility index (Phi) is 5.88. The van der Waals surface area contributed by atoms with Crippen LogP contribution in [0.3, 0.4) is 0 Å². The molecule has 1 aliphatic rings. The summed E-state index contributed by atoms with van der Waals surface area (Å²) < 4.78 is 5.28. The number of nitrogens with one attached hydrogen (secondary N) is 2. The first-order valence-electron chi connectivity index (χ1n) is 6.82. The largest absolute Gasteiger partial charge is 0.444 e. The first kappa shape index (κ1) is 15.2. The molecular weight excluding hydrogens is 230 g/mol. The molecule has 1 fully saturated rings. The van der Waals surface area contributed by atoms with Gasteiger partial charge in [0.1, 0.15) is 5.60 Å². The Morgan fingerprint density at radius 2 is 2.11 bits per heavy atom. The van der Waals surface area contributed by atoms with Gasteiger partial charge in [-0.25, -0.2) is 4.79 Å². The van der Waals surface area contributed by atoms with Gasteiger partial charge in [-0.05, 0) is 59.0 Å². The Hall–Kier alpha value is -0.810. The van der Waals surface area contributed by atoms with Crippen LogP contribution in [-0.2, 0) is 4.74 Å². The molecule has 0 aliphatic heterocycles. The van der Waals surface area contributed by atoms with Crippen molar-refractivity contribution in [2.45, 2.75) is 51.7 Å². The lowest BCUT2D eigenvalue weighted by Gasteiger charge is -2.24. The van der Waals surface area contributed by atoms with Crippen molar-refractivity contribution in [1.82, 2.24) is 10.6 Å². The third-order valence-electron chi connectivity index (χ3n) is 2.82. The molecule has 0 aromatic heterocycles. The predicted molar refractivity (Wildman–Crippen MR) is 72.4 cm³/mol. The molecule has 1 rings (SSSR count). The normalized spacial score (nSPS) is 17.3. The van der Waals surface area contributed by atoms with Crippen LogP contribution < -0.4 is 16.4 Å². The topological polar surface area (TPSA) is 76.4 Å². The van der Waals surface area contributed by atoms with Crippen molar-refractivity contribution in [3.63, 3.8) is 0 Å². The van der Waals surface area contributed by atoms with Gasteiger partial charge in [-0.1, -0.05) is 0 Å². The molecule has 4 N–H and O–H groups in total. The number of carbonyl (C=O) groups excluding carboxylic acids is 1. The van der Waals surface area contributed by atoms with Crippen LogP contribution >= 0.6 is 0 Å². The Balaban J connectivity index is 2.27. The molecule has 0 bridgehead atoms. The van der Waals surface area contributed by atoms with Crippen LogP contribution in [0.4, 0.5) is 4.79 Å². The Morgan fingerprint density at radius 3 is 2.61 bits per heavy atom. The van der Waals surface area contributed by atoms with E-state index in [4.69, 9.17) is 10.5 Å². The van der Waals surface area contributed by atoms with E-state index in [1.165, 1.54) is 12.8 Å². The third kappa shape index (κ3) is 6.81. The molecule has 1 unspecified atom stereocenters. The average molecular weight is 257 g/mol. The van der Waals surface area contributed by atoms with Crippen LogP contribution in [-0.4, -0.2) is 37.4 Å². The van der Waals surface area contributed by atoms with Gasteiger partial charge in [0.05, 0.1) is 0 Å². The van der Waals surface area contributed by atoms with Crippen LogP contribution in [0, 0.1) is 5.92 Å². The smallest absolute Gasteiger partial charge is 0.407 e. The van der Waals surface area contributed by atoms with Crippen LogP contribution in [0.5, 0.6) is 0 Å². The van der Waals surface area contributed by atoms with E-state index in [0.29, 0.717) is 12.5 Å². The second kappa shape index (κ2) is 6.95. The standard InChI is InChI=1S/C13H27N3O2/c1-13(2,3)18-12(17)16-11(10-5-6-10)9-15-8-4-7-14/h10-11,15H,4-9,14H2,1-3H3,(H,16,17). The molecule has 5 heteroatoms. The van der Waals surface area contributed by atoms with E-state index in [1.54, 1.807) is 0 Å². The van der Waals surface area contributed by atoms with Gasteiger partial charge in [-0.2, -0.15) is 0 Å². The fourth-order valence-electron chi connectivity index (χ4n) is 1.78. The Morgan fingerprint density at radius 1 is 1.44 bits per heavy atom. The third-order valence-corrected chi connectivity index (χ3v) is 2.82. The number of carbonyl (C=O) groups is 1. The number of hydrogen-bond acceptors (Lipinski definition) is 4. The molecule has 1 saturated carbocycles. The lowest BCUT2D eigenvalue weighted by molar-refractivity contribution is 0.0497. The van der Waals surface area contributed by atoms with Crippen molar-refractivity contribution < 1.29 is 9.53 Å². The summed E-state index contributed by atoms with van der Waals surface area (Å²) >= 11 is 0. The molecule has 106 valence electrons. The SMILES string of the molecule is CC(C)(C)OC(=O)NC(CNCCCN)C1CC1. The highest BCUT2D eigenvalue weighted by molar-refractivity contribution is 5.68. The summed E-state index contributed by atoms with van der Waals surface area (Å²) in [7, 11) is 0. The first-order valence-corrected chi connectivity index (χ1v) is 6.82. The predicted octanol–water partition coefficient (Wildman–Crippen LogP) is 1.23. The van der Waals surface area contributed by atoms with Gasteiger partial charge in [0.2, 0.25) is 0 Å². The zero-order valence-corrected chi connectivity index (χ0v) is 11.8. The van der Waals surface area contributed by atoms with Gasteiger partial charge in [0.15, 0.2) is 0 Å². The minimum absolute atomic E-state index is 0.178. The average Bonchev–Trinajstić information content (AvgIpc) is 3.03. The first-order chi connectivity index (χ1) is 8.42. The minimum atomic E-state index is -0.439. The molecule has 0 saturated heterocycles. The highest BCUT2D eigenvalue weighted by Gasteiger charge is 2.32. The van der Waals surface area contributed by atoms with E-state index in [-0.39, 0.29) is 12.1 Å². The number of ether oxygens (including phenoxy) is 1. The Bertz CT molecular complexity index is 259. The fraction of sp³-hybridized carbons (Fsp3) is 0.923. The van der Waals surface area contributed by atoms with Gasteiger partial charge < -0.3 is 21.1 Å². The molecule has 18 heavy (non-hydrogen) atoms. The van der Waals surface area contributed by atoms with Gasteiger partial charge in [0, 0.05) is 12.6 Å². The van der Waals surface area contributed by atoms with Crippen molar-refractivity contribution in [2.75, 3.05) is 19.6 Å². The highest BCUT2D eigenvalue weighted by Crippen LogP contribution is 2.32.